The summed E-state index contributed by atoms with van der Waals surface area (Å²) >= 11 is 0. The summed E-state index contributed by atoms with van der Waals surface area (Å²) in [4.78, 5) is 42.9. The number of benzene rings is 2. The van der Waals surface area contributed by atoms with E-state index in [1.165, 1.54) is 10.1 Å². The van der Waals surface area contributed by atoms with Gasteiger partial charge in [0.15, 0.2) is 0 Å². The number of carbonyl (C=O) groups is 1. The quantitative estimate of drug-likeness (QED) is 0.587. The lowest BCUT2D eigenvalue weighted by Crippen LogP contribution is -2.43. The molecular formula is C25H31N5O3. The van der Waals surface area contributed by atoms with Gasteiger partial charge in [0.1, 0.15) is 6.54 Å². The number of nitrogens with one attached hydrogen (secondary N) is 1. The third-order valence-electron chi connectivity index (χ3n) is 6.23. The van der Waals surface area contributed by atoms with E-state index in [2.05, 4.69) is 34.3 Å². The molecule has 33 heavy (non-hydrogen) atoms. The van der Waals surface area contributed by atoms with Crippen molar-refractivity contribution in [2.45, 2.75) is 33.1 Å². The fourth-order valence-electron chi connectivity index (χ4n) is 4.30. The monoisotopic (exact) mass is 449 g/mol. The molecule has 1 aliphatic heterocycles. The highest BCUT2D eigenvalue weighted by molar-refractivity contribution is 5.81. The average molecular weight is 450 g/mol. The Morgan fingerprint density at radius 3 is 2.42 bits per heavy atom. The van der Waals surface area contributed by atoms with Crippen LogP contribution in [0.4, 0.5) is 0 Å². The zero-order chi connectivity index (χ0) is 23.4. The number of fused-ring (bicyclic) bond motifs is 1. The van der Waals surface area contributed by atoms with Crippen molar-refractivity contribution in [3.8, 4) is 0 Å². The number of hydrogen-bond acceptors (Lipinski definition) is 5. The van der Waals surface area contributed by atoms with Crippen LogP contribution >= 0.6 is 0 Å². The molecule has 0 radical (unpaired) electrons. The summed E-state index contributed by atoms with van der Waals surface area (Å²) in [6.07, 6.45) is 0. The number of para-hydroxylation sites is 1. The van der Waals surface area contributed by atoms with Gasteiger partial charge in [0.2, 0.25) is 5.91 Å². The first kappa shape index (κ1) is 22.9. The number of likely N-dealkylation sites (N-methyl/N-ethyl adjacent to an activating group) is 1. The van der Waals surface area contributed by atoms with Gasteiger partial charge in [0, 0.05) is 45.8 Å². The van der Waals surface area contributed by atoms with Crippen LogP contribution in [0.3, 0.4) is 0 Å². The third kappa shape index (κ3) is 5.23. The minimum Gasteiger partial charge on any atom is -0.350 e. The van der Waals surface area contributed by atoms with E-state index >= 15 is 0 Å². The lowest BCUT2D eigenvalue weighted by atomic mass is 10.1. The molecule has 2 aromatic carbocycles. The van der Waals surface area contributed by atoms with Gasteiger partial charge in [-0.1, -0.05) is 36.4 Å². The molecule has 0 saturated carbocycles. The van der Waals surface area contributed by atoms with Crippen molar-refractivity contribution >= 4 is 16.8 Å². The number of aromatic nitrogens is 2. The summed E-state index contributed by atoms with van der Waals surface area (Å²) in [7, 11) is 2.15. The first-order chi connectivity index (χ1) is 16.0. The van der Waals surface area contributed by atoms with Crippen LogP contribution in [0.5, 0.6) is 0 Å². The molecular weight excluding hydrogens is 418 g/mol. The van der Waals surface area contributed by atoms with Crippen LogP contribution in [0.15, 0.2) is 58.1 Å². The third-order valence-corrected chi connectivity index (χ3v) is 6.23. The van der Waals surface area contributed by atoms with E-state index in [0.29, 0.717) is 17.4 Å². The van der Waals surface area contributed by atoms with Gasteiger partial charge in [-0.3, -0.25) is 23.6 Å². The summed E-state index contributed by atoms with van der Waals surface area (Å²) < 4.78 is 2.54. The lowest BCUT2D eigenvalue weighted by molar-refractivity contribution is -0.121. The summed E-state index contributed by atoms with van der Waals surface area (Å²) in [5.74, 6) is -0.270. The Morgan fingerprint density at radius 2 is 1.67 bits per heavy atom. The highest BCUT2D eigenvalue weighted by atomic mass is 16.2. The summed E-state index contributed by atoms with van der Waals surface area (Å²) in [6.45, 7) is 7.41. The van der Waals surface area contributed by atoms with Crippen molar-refractivity contribution in [3.63, 3.8) is 0 Å². The van der Waals surface area contributed by atoms with Crippen LogP contribution in [0.1, 0.15) is 18.1 Å². The van der Waals surface area contributed by atoms with Crippen molar-refractivity contribution in [3.05, 3.63) is 80.5 Å². The van der Waals surface area contributed by atoms with E-state index < -0.39 is 5.69 Å². The Hall–Kier alpha value is -3.23. The minimum absolute atomic E-state index is 0.138. The normalized spacial score (nSPS) is 15.1. The fourth-order valence-corrected chi connectivity index (χ4v) is 4.30. The average Bonchev–Trinajstić information content (AvgIpc) is 2.82. The molecule has 1 N–H and O–H groups in total. The Bertz CT molecular complexity index is 1250. The Morgan fingerprint density at radius 1 is 0.939 bits per heavy atom. The molecule has 0 aliphatic carbocycles. The van der Waals surface area contributed by atoms with E-state index in [9.17, 15) is 14.4 Å². The molecule has 1 fully saturated rings. The molecule has 8 nitrogen and oxygen atoms in total. The van der Waals surface area contributed by atoms with E-state index in [-0.39, 0.29) is 24.6 Å². The summed E-state index contributed by atoms with van der Waals surface area (Å²) in [5, 5.41) is 3.36. The Kier molecular flexibility index (Phi) is 7.05. The topological polar surface area (TPSA) is 79.6 Å². The predicted octanol–water partition coefficient (Wildman–Crippen LogP) is 1.25. The molecule has 0 spiro atoms. The molecule has 1 aromatic heterocycles. The number of amides is 1. The van der Waals surface area contributed by atoms with Crippen LogP contribution in [0.25, 0.3) is 10.9 Å². The molecule has 0 atom stereocenters. The van der Waals surface area contributed by atoms with Crippen molar-refractivity contribution in [2.75, 3.05) is 33.2 Å². The van der Waals surface area contributed by atoms with E-state index in [1.54, 1.807) is 31.2 Å². The van der Waals surface area contributed by atoms with E-state index in [4.69, 9.17) is 0 Å². The molecule has 8 heteroatoms. The molecule has 1 amide bonds. The van der Waals surface area contributed by atoms with Crippen molar-refractivity contribution in [2.24, 2.45) is 0 Å². The number of nitrogens with zero attached hydrogens (tertiary/aromatic N) is 4. The molecule has 1 saturated heterocycles. The maximum absolute atomic E-state index is 12.8. The van der Waals surface area contributed by atoms with E-state index in [1.807, 2.05) is 12.1 Å². The van der Waals surface area contributed by atoms with Gasteiger partial charge in [-0.05, 0) is 37.2 Å². The smallest absolute Gasteiger partial charge is 0.331 e. The molecule has 0 bridgehead atoms. The van der Waals surface area contributed by atoms with E-state index in [0.717, 1.165) is 42.9 Å². The van der Waals surface area contributed by atoms with Crippen LogP contribution in [0, 0.1) is 0 Å². The number of piperazine rings is 1. The molecule has 174 valence electrons. The molecule has 3 aromatic rings. The maximum atomic E-state index is 12.8. The number of rotatable bonds is 7. The second-order valence-electron chi connectivity index (χ2n) is 8.61. The maximum Gasteiger partial charge on any atom is 0.331 e. The Balaban J connectivity index is 1.44. The van der Waals surface area contributed by atoms with Gasteiger partial charge in [0.25, 0.3) is 5.56 Å². The highest BCUT2D eigenvalue weighted by Crippen LogP contribution is 2.11. The van der Waals surface area contributed by atoms with Crippen molar-refractivity contribution < 1.29 is 4.79 Å². The zero-order valence-corrected chi connectivity index (χ0v) is 19.3. The first-order valence-electron chi connectivity index (χ1n) is 11.4. The van der Waals surface area contributed by atoms with Gasteiger partial charge >= 0.3 is 5.69 Å². The van der Waals surface area contributed by atoms with Crippen molar-refractivity contribution in [1.82, 2.24) is 24.3 Å². The van der Waals surface area contributed by atoms with Crippen molar-refractivity contribution in [1.29, 1.82) is 0 Å². The van der Waals surface area contributed by atoms with Gasteiger partial charge in [-0.25, -0.2) is 4.79 Å². The standard InChI is InChI=1S/C25H31N5O3/c1-3-29-24(32)21-9-4-5-10-22(21)30(25(29)33)18-23(31)26-16-19-7-6-8-20(15-19)17-28-13-11-27(2)12-14-28/h4-10,15H,3,11-14,16-18H2,1-2H3,(H,26,31). The summed E-state index contributed by atoms with van der Waals surface area (Å²) in [5.41, 5.74) is 1.92. The SMILES string of the molecule is CCn1c(=O)c2ccccc2n(CC(=O)NCc2cccc(CN3CCN(C)CC3)c2)c1=O. The van der Waals surface area contributed by atoms with Crippen LogP contribution in [-0.4, -0.2) is 58.1 Å². The largest absolute Gasteiger partial charge is 0.350 e. The zero-order valence-electron chi connectivity index (χ0n) is 19.3. The fraction of sp³-hybridized carbons (Fsp3) is 0.400. The summed E-state index contributed by atoms with van der Waals surface area (Å²) in [6, 6.07) is 15.2. The lowest BCUT2D eigenvalue weighted by Gasteiger charge is -2.32. The molecule has 0 unspecified atom stereocenters. The van der Waals surface area contributed by atoms with Crippen LogP contribution in [-0.2, 0) is 31.0 Å². The minimum atomic E-state index is -0.467. The van der Waals surface area contributed by atoms with Gasteiger partial charge in [-0.2, -0.15) is 0 Å². The first-order valence-corrected chi connectivity index (χ1v) is 11.4. The van der Waals surface area contributed by atoms with Gasteiger partial charge < -0.3 is 10.2 Å². The molecule has 2 heterocycles. The highest BCUT2D eigenvalue weighted by Gasteiger charge is 2.15. The van der Waals surface area contributed by atoms with Crippen LogP contribution < -0.4 is 16.6 Å². The molecule has 1 aliphatic rings. The second kappa shape index (κ2) is 10.1. The van der Waals surface area contributed by atoms with Gasteiger partial charge in [0.05, 0.1) is 10.9 Å². The number of hydrogen-bond donors (Lipinski definition) is 1. The Labute approximate surface area is 193 Å². The number of carbonyl (C=O) groups excluding carboxylic acids is 1. The van der Waals surface area contributed by atoms with Crippen LogP contribution in [0.2, 0.25) is 0 Å². The second-order valence-corrected chi connectivity index (χ2v) is 8.61. The predicted molar refractivity (Wildman–Crippen MR) is 129 cm³/mol. The molecule has 4 rings (SSSR count). The van der Waals surface area contributed by atoms with Gasteiger partial charge in [-0.15, -0.1) is 0 Å².